The fourth-order valence-corrected chi connectivity index (χ4v) is 2.00. The molecule has 0 aliphatic heterocycles. The van der Waals surface area contributed by atoms with E-state index in [1.54, 1.807) is 27.7 Å². The molecule has 0 radical (unpaired) electrons. The minimum absolute atomic E-state index is 0.208. The minimum atomic E-state index is -0.732. The second-order valence-corrected chi connectivity index (χ2v) is 6.96. The van der Waals surface area contributed by atoms with Gasteiger partial charge in [-0.25, -0.2) is 9.59 Å². The molecule has 0 saturated carbocycles. The van der Waals surface area contributed by atoms with Gasteiger partial charge in [-0.15, -0.1) is 0 Å². The van der Waals surface area contributed by atoms with E-state index in [1.807, 2.05) is 0 Å². The Bertz CT molecular complexity index is 709. The van der Waals surface area contributed by atoms with Crippen LogP contribution in [0.5, 0.6) is 0 Å². The Hall–Kier alpha value is -3.10. The van der Waals surface area contributed by atoms with Crippen LogP contribution in [0.1, 0.15) is 45.0 Å². The highest BCUT2D eigenvalue weighted by atomic mass is 16.6. The van der Waals surface area contributed by atoms with Gasteiger partial charge >= 0.3 is 12.1 Å². The first-order valence-electron chi connectivity index (χ1n) is 8.86. The number of ether oxygens (including phenoxy) is 2. The van der Waals surface area contributed by atoms with Crippen LogP contribution < -0.4 is 16.0 Å². The maximum atomic E-state index is 12.0. The van der Waals surface area contributed by atoms with E-state index in [1.165, 1.54) is 31.2 Å². The number of esters is 1. The van der Waals surface area contributed by atoms with Crippen LogP contribution in [0.2, 0.25) is 0 Å². The molecule has 0 unspecified atom stereocenters. The molecule has 0 bridgehead atoms. The van der Waals surface area contributed by atoms with Crippen molar-refractivity contribution in [3.8, 4) is 0 Å². The van der Waals surface area contributed by atoms with E-state index in [0.29, 0.717) is 12.2 Å². The van der Waals surface area contributed by atoms with Crippen molar-refractivity contribution in [2.75, 3.05) is 18.5 Å². The zero-order valence-electron chi connectivity index (χ0n) is 16.8. The molecule has 3 amide bonds. The number of carbonyl (C=O) groups excluding carboxylic acids is 4. The Morgan fingerprint density at radius 1 is 1.07 bits per heavy atom. The van der Waals surface area contributed by atoms with Gasteiger partial charge in [0.2, 0.25) is 5.91 Å². The number of likely N-dealkylation sites (N-methyl/N-ethyl adjacent to an activating group) is 1. The first kappa shape index (κ1) is 22.9. The van der Waals surface area contributed by atoms with Crippen molar-refractivity contribution in [3.63, 3.8) is 0 Å². The average Bonchev–Trinajstić information content (AvgIpc) is 2.58. The zero-order valence-corrected chi connectivity index (χ0v) is 16.8. The topological polar surface area (TPSA) is 123 Å². The molecular weight excluding hydrogens is 366 g/mol. The minimum Gasteiger partial charge on any atom is -0.452 e. The summed E-state index contributed by atoms with van der Waals surface area (Å²) in [6.45, 7) is 8.48. The number of rotatable bonds is 7. The summed E-state index contributed by atoms with van der Waals surface area (Å²) in [6, 6.07) is 5.19. The molecule has 3 N–H and O–H groups in total. The van der Waals surface area contributed by atoms with Crippen molar-refractivity contribution in [1.29, 1.82) is 0 Å². The molecule has 0 aliphatic carbocycles. The maximum Gasteiger partial charge on any atom is 0.412 e. The molecule has 0 saturated heterocycles. The number of nitrogens with one attached hydrogen (secondary N) is 3. The Labute approximate surface area is 164 Å². The summed E-state index contributed by atoms with van der Waals surface area (Å²) in [5.41, 5.74) is 0.0296. The van der Waals surface area contributed by atoms with Crippen LogP contribution in [0.15, 0.2) is 24.3 Å². The van der Waals surface area contributed by atoms with Crippen molar-refractivity contribution in [2.45, 2.75) is 46.3 Å². The fraction of sp³-hybridized carbons (Fsp3) is 0.474. The number of amides is 3. The average molecular weight is 393 g/mol. The third-order valence-electron chi connectivity index (χ3n) is 3.22. The number of anilines is 1. The molecule has 1 rings (SSSR count). The van der Waals surface area contributed by atoms with E-state index in [9.17, 15) is 19.2 Å². The van der Waals surface area contributed by atoms with Crippen molar-refractivity contribution in [2.24, 2.45) is 0 Å². The van der Waals surface area contributed by atoms with Crippen LogP contribution in [-0.4, -0.2) is 48.7 Å². The lowest BCUT2D eigenvalue weighted by molar-refractivity contribution is -0.130. The summed E-state index contributed by atoms with van der Waals surface area (Å²) in [6.07, 6.45) is -0.610. The molecule has 1 aromatic carbocycles. The Balaban J connectivity index is 2.49. The summed E-state index contributed by atoms with van der Waals surface area (Å²) >= 11 is 0. The van der Waals surface area contributed by atoms with Gasteiger partial charge < -0.3 is 20.1 Å². The van der Waals surface area contributed by atoms with Gasteiger partial charge in [0.05, 0.1) is 5.56 Å². The first-order chi connectivity index (χ1) is 13.0. The highest BCUT2D eigenvalue weighted by Gasteiger charge is 2.18. The quantitative estimate of drug-likeness (QED) is 0.608. The van der Waals surface area contributed by atoms with Crippen LogP contribution in [-0.2, 0) is 19.1 Å². The van der Waals surface area contributed by atoms with E-state index >= 15 is 0 Å². The molecule has 0 aromatic heterocycles. The second kappa shape index (κ2) is 10.3. The van der Waals surface area contributed by atoms with E-state index in [4.69, 9.17) is 9.47 Å². The third-order valence-corrected chi connectivity index (χ3v) is 3.22. The molecule has 1 atom stereocenters. The molecular formula is C19H27N3O6. The molecule has 0 aliphatic rings. The van der Waals surface area contributed by atoms with Crippen molar-refractivity contribution in [1.82, 2.24) is 10.6 Å². The number of carbonyl (C=O) groups is 4. The van der Waals surface area contributed by atoms with E-state index < -0.39 is 36.2 Å². The van der Waals surface area contributed by atoms with Crippen LogP contribution in [0.25, 0.3) is 0 Å². The highest BCUT2D eigenvalue weighted by molar-refractivity contribution is 5.93. The van der Waals surface area contributed by atoms with Crippen LogP contribution in [0.4, 0.5) is 10.5 Å². The molecule has 1 aromatic rings. The second-order valence-electron chi connectivity index (χ2n) is 6.96. The molecule has 28 heavy (non-hydrogen) atoms. The molecule has 0 fully saturated rings. The zero-order chi connectivity index (χ0) is 21.3. The first-order valence-corrected chi connectivity index (χ1v) is 8.86. The molecule has 9 nitrogen and oxygen atoms in total. The predicted octanol–water partition coefficient (Wildman–Crippen LogP) is 1.83. The molecule has 0 spiro atoms. The lowest BCUT2D eigenvalue weighted by Crippen LogP contribution is -2.46. The van der Waals surface area contributed by atoms with Crippen molar-refractivity contribution >= 4 is 29.6 Å². The molecule has 154 valence electrons. The summed E-state index contributed by atoms with van der Waals surface area (Å²) in [7, 11) is 0. The van der Waals surface area contributed by atoms with Crippen LogP contribution in [0.3, 0.4) is 0 Å². The van der Waals surface area contributed by atoms with Gasteiger partial charge in [-0.3, -0.25) is 14.9 Å². The molecule has 0 heterocycles. The van der Waals surface area contributed by atoms with Gasteiger partial charge in [0.25, 0.3) is 5.91 Å². The Morgan fingerprint density at radius 2 is 1.68 bits per heavy atom. The lowest BCUT2D eigenvalue weighted by atomic mass is 10.2. The number of hydrogen-bond acceptors (Lipinski definition) is 6. The highest BCUT2D eigenvalue weighted by Crippen LogP contribution is 2.13. The van der Waals surface area contributed by atoms with Gasteiger partial charge in [-0.2, -0.15) is 0 Å². The largest absolute Gasteiger partial charge is 0.452 e. The molecule has 9 heteroatoms. The number of hydrogen-bond donors (Lipinski definition) is 3. The normalized spacial score (nSPS) is 11.8. The van der Waals surface area contributed by atoms with Gasteiger partial charge in [-0.1, -0.05) is 0 Å². The fourth-order valence-electron chi connectivity index (χ4n) is 2.00. The van der Waals surface area contributed by atoms with E-state index in [0.717, 1.165) is 0 Å². The van der Waals surface area contributed by atoms with Gasteiger partial charge in [0.1, 0.15) is 11.6 Å². The summed E-state index contributed by atoms with van der Waals surface area (Å²) in [5.74, 6) is -1.62. The van der Waals surface area contributed by atoms with Gasteiger partial charge in [0.15, 0.2) is 6.61 Å². The van der Waals surface area contributed by atoms with Crippen LogP contribution in [0, 0.1) is 0 Å². The maximum absolute atomic E-state index is 12.0. The lowest BCUT2D eigenvalue weighted by Gasteiger charge is -2.19. The standard InChI is InChI=1S/C19H27N3O6/c1-6-20-16(24)12(2)21-15(23)11-27-17(25)13-7-9-14(10-8-13)22-18(26)28-19(3,4)5/h7-10,12H,6,11H2,1-5H3,(H,20,24)(H,21,23)(H,22,26)/t12-/m1/s1. The van der Waals surface area contributed by atoms with Crippen LogP contribution >= 0.6 is 0 Å². The summed E-state index contributed by atoms with van der Waals surface area (Å²) < 4.78 is 10.1. The summed E-state index contributed by atoms with van der Waals surface area (Å²) in [5, 5.41) is 7.55. The van der Waals surface area contributed by atoms with E-state index in [-0.39, 0.29) is 11.5 Å². The Kier molecular flexibility index (Phi) is 8.43. The van der Waals surface area contributed by atoms with Gasteiger partial charge in [0, 0.05) is 12.2 Å². The predicted molar refractivity (Wildman–Crippen MR) is 103 cm³/mol. The van der Waals surface area contributed by atoms with Gasteiger partial charge in [-0.05, 0) is 58.9 Å². The summed E-state index contributed by atoms with van der Waals surface area (Å²) in [4.78, 5) is 47.0. The monoisotopic (exact) mass is 393 g/mol. The SMILES string of the molecule is CCNC(=O)[C@@H](C)NC(=O)COC(=O)c1ccc(NC(=O)OC(C)(C)C)cc1. The Morgan fingerprint density at radius 3 is 2.21 bits per heavy atom. The van der Waals surface area contributed by atoms with E-state index in [2.05, 4.69) is 16.0 Å². The number of benzene rings is 1. The smallest absolute Gasteiger partial charge is 0.412 e. The third kappa shape index (κ3) is 8.52. The van der Waals surface area contributed by atoms with Crippen molar-refractivity contribution in [3.05, 3.63) is 29.8 Å². The van der Waals surface area contributed by atoms with Crippen molar-refractivity contribution < 1.29 is 28.7 Å².